The van der Waals surface area contributed by atoms with Gasteiger partial charge in [-0.2, -0.15) is 0 Å². The monoisotopic (exact) mass is 399 g/mol. The molecule has 1 fully saturated rings. The molecule has 0 saturated heterocycles. The van der Waals surface area contributed by atoms with E-state index in [-0.39, 0.29) is 37.0 Å². The molecule has 0 atom stereocenters. The molecule has 0 aliphatic heterocycles. The fourth-order valence-corrected chi connectivity index (χ4v) is 3.15. The number of hydrogen-bond donors (Lipinski definition) is 3. The summed E-state index contributed by atoms with van der Waals surface area (Å²) in [7, 11) is 0. The van der Waals surface area contributed by atoms with Gasteiger partial charge in [0.15, 0.2) is 0 Å². The second-order valence-electron chi connectivity index (χ2n) is 7.57. The third kappa shape index (κ3) is 6.63. The number of carbonyl (C=O) groups is 2. The van der Waals surface area contributed by atoms with E-state index in [1.807, 2.05) is 11.8 Å². The number of aliphatic carboxylic acids is 1. The van der Waals surface area contributed by atoms with Gasteiger partial charge in [0, 0.05) is 30.3 Å². The fourth-order valence-electron chi connectivity index (χ4n) is 3.15. The Kier molecular flexibility index (Phi) is 7.17. The Morgan fingerprint density at radius 3 is 2.39 bits per heavy atom. The summed E-state index contributed by atoms with van der Waals surface area (Å²) in [5.74, 6) is -2.29. The van der Waals surface area contributed by atoms with Gasteiger partial charge >= 0.3 is 12.0 Å². The highest BCUT2D eigenvalue weighted by Crippen LogP contribution is 2.25. The van der Waals surface area contributed by atoms with Gasteiger partial charge in [0.1, 0.15) is 23.0 Å². The maximum atomic E-state index is 13.3. The van der Waals surface area contributed by atoms with Crippen molar-refractivity contribution in [1.29, 1.82) is 0 Å². The Hall–Kier alpha value is -2.42. The Bertz CT molecular complexity index is 688. The van der Waals surface area contributed by atoms with Gasteiger partial charge in [-0.05, 0) is 33.2 Å². The molecule has 2 amide bonds. The average molecular weight is 399 g/mol. The number of nitrogens with zero attached hydrogens (tertiary/aromatic N) is 1. The Morgan fingerprint density at radius 2 is 1.86 bits per heavy atom. The summed E-state index contributed by atoms with van der Waals surface area (Å²) in [6, 6.07) is 2.68. The summed E-state index contributed by atoms with van der Waals surface area (Å²) in [5.41, 5.74) is -0.875. The van der Waals surface area contributed by atoms with Crippen LogP contribution in [0.15, 0.2) is 18.2 Å². The molecule has 0 bridgehead atoms. The highest BCUT2D eigenvalue weighted by molar-refractivity contribution is 5.74. The molecule has 1 aliphatic carbocycles. The molecule has 3 N–H and O–H groups in total. The summed E-state index contributed by atoms with van der Waals surface area (Å²) in [4.78, 5) is 24.8. The number of halogens is 2. The normalized spacial score (nSPS) is 19.1. The van der Waals surface area contributed by atoms with Crippen LogP contribution in [-0.2, 0) is 4.79 Å². The van der Waals surface area contributed by atoms with Crippen molar-refractivity contribution in [2.45, 2.75) is 51.3 Å². The van der Waals surface area contributed by atoms with Crippen molar-refractivity contribution >= 4 is 12.0 Å². The largest absolute Gasteiger partial charge is 0.486 e. The Labute approximate surface area is 163 Å². The zero-order chi connectivity index (χ0) is 20.9. The summed E-state index contributed by atoms with van der Waals surface area (Å²) in [6.45, 7) is 6.06. The van der Waals surface area contributed by atoms with Crippen LogP contribution in [0.4, 0.5) is 13.6 Å². The quantitative estimate of drug-likeness (QED) is 0.593. The van der Waals surface area contributed by atoms with Crippen molar-refractivity contribution < 1.29 is 28.2 Å². The van der Waals surface area contributed by atoms with E-state index in [0.717, 1.165) is 18.2 Å². The lowest BCUT2D eigenvalue weighted by molar-refractivity contribution is -0.139. The first-order chi connectivity index (χ1) is 13.1. The lowest BCUT2D eigenvalue weighted by atomic mass is 9.85. The maximum absolute atomic E-state index is 13.3. The van der Waals surface area contributed by atoms with Gasteiger partial charge in [0.2, 0.25) is 0 Å². The average Bonchev–Trinajstić information content (AvgIpc) is 2.52. The van der Waals surface area contributed by atoms with E-state index in [1.54, 1.807) is 13.8 Å². The van der Waals surface area contributed by atoms with E-state index >= 15 is 0 Å². The zero-order valence-electron chi connectivity index (χ0n) is 16.3. The molecule has 0 heterocycles. The predicted molar refractivity (Wildman–Crippen MR) is 99.3 cm³/mol. The van der Waals surface area contributed by atoms with E-state index in [1.165, 1.54) is 0 Å². The van der Waals surface area contributed by atoms with Gasteiger partial charge in [0.25, 0.3) is 0 Å². The van der Waals surface area contributed by atoms with Crippen LogP contribution in [0.1, 0.15) is 33.6 Å². The van der Waals surface area contributed by atoms with Crippen molar-refractivity contribution in [3.63, 3.8) is 0 Å². The van der Waals surface area contributed by atoms with Gasteiger partial charge in [-0.15, -0.1) is 0 Å². The minimum Gasteiger partial charge on any atom is -0.486 e. The minimum atomic E-state index is -0.875. The molecular formula is C19H27F2N3O4. The van der Waals surface area contributed by atoms with Crippen molar-refractivity contribution in [2.75, 3.05) is 19.6 Å². The first-order valence-electron chi connectivity index (χ1n) is 9.23. The lowest BCUT2D eigenvalue weighted by Gasteiger charge is -2.42. The van der Waals surface area contributed by atoms with Crippen molar-refractivity contribution in [3.05, 3.63) is 29.8 Å². The summed E-state index contributed by atoms with van der Waals surface area (Å²) < 4.78 is 32.1. The van der Waals surface area contributed by atoms with Crippen molar-refractivity contribution in [3.8, 4) is 5.75 Å². The van der Waals surface area contributed by atoms with Crippen molar-refractivity contribution in [1.82, 2.24) is 15.5 Å². The molecule has 1 aromatic rings. The smallest absolute Gasteiger partial charge is 0.317 e. The molecule has 28 heavy (non-hydrogen) atoms. The van der Waals surface area contributed by atoms with Crippen molar-refractivity contribution in [2.24, 2.45) is 0 Å². The highest BCUT2D eigenvalue weighted by Gasteiger charge is 2.34. The number of rotatable bonds is 9. The number of likely N-dealkylation sites (N-methyl/N-ethyl adjacent to an activating group) is 1. The van der Waals surface area contributed by atoms with Crippen LogP contribution >= 0.6 is 0 Å². The number of carboxylic acid groups (broad SMARTS) is 1. The molecule has 2 rings (SSSR count). The van der Waals surface area contributed by atoms with E-state index in [4.69, 9.17) is 9.84 Å². The third-order valence-electron chi connectivity index (χ3n) is 4.61. The number of ether oxygens (including phenoxy) is 1. The van der Waals surface area contributed by atoms with E-state index < -0.39 is 23.2 Å². The zero-order valence-corrected chi connectivity index (χ0v) is 16.3. The first kappa shape index (κ1) is 21.9. The molecular weight excluding hydrogens is 372 g/mol. The molecule has 0 radical (unpaired) electrons. The topological polar surface area (TPSA) is 90.9 Å². The highest BCUT2D eigenvalue weighted by atomic mass is 19.1. The van der Waals surface area contributed by atoms with Crippen LogP contribution in [0.3, 0.4) is 0 Å². The van der Waals surface area contributed by atoms with Gasteiger partial charge < -0.3 is 20.5 Å². The van der Waals surface area contributed by atoms with Gasteiger partial charge in [-0.25, -0.2) is 13.6 Å². The Morgan fingerprint density at radius 1 is 1.25 bits per heavy atom. The minimum absolute atomic E-state index is 0.00765. The molecule has 0 spiro atoms. The van der Waals surface area contributed by atoms with E-state index in [0.29, 0.717) is 19.4 Å². The molecule has 156 valence electrons. The van der Waals surface area contributed by atoms with Gasteiger partial charge in [-0.3, -0.25) is 9.69 Å². The molecule has 1 aliphatic rings. The standard InChI is InChI=1S/C19H27F2N3O4/c1-4-24(10-17(25)26)15-8-14(9-15)23-18(27)22-11-19(2,3)28-16-6-12(20)5-13(21)7-16/h5-7,14-15H,4,8-11H2,1-3H3,(H,25,26)(H2,22,23,27). The second kappa shape index (κ2) is 9.18. The lowest BCUT2D eigenvalue weighted by Crippen LogP contribution is -2.57. The van der Waals surface area contributed by atoms with Crippen LogP contribution in [0.2, 0.25) is 0 Å². The number of benzene rings is 1. The fraction of sp³-hybridized carbons (Fsp3) is 0.579. The van der Waals surface area contributed by atoms with Crippen LogP contribution < -0.4 is 15.4 Å². The SMILES string of the molecule is CCN(CC(=O)O)C1CC(NC(=O)NCC(C)(C)Oc2cc(F)cc(F)c2)C1. The maximum Gasteiger partial charge on any atom is 0.317 e. The van der Waals surface area contributed by atoms with E-state index in [2.05, 4.69) is 10.6 Å². The first-order valence-corrected chi connectivity index (χ1v) is 9.23. The molecule has 7 nitrogen and oxygen atoms in total. The third-order valence-corrected chi connectivity index (χ3v) is 4.61. The number of hydrogen-bond acceptors (Lipinski definition) is 4. The Balaban J connectivity index is 1.74. The molecule has 0 aromatic heterocycles. The van der Waals surface area contributed by atoms with Crippen LogP contribution in [0.5, 0.6) is 5.75 Å². The molecule has 0 unspecified atom stereocenters. The molecule has 9 heteroatoms. The number of urea groups is 1. The van der Waals surface area contributed by atoms with Crippen LogP contribution in [0.25, 0.3) is 0 Å². The summed E-state index contributed by atoms with van der Waals surface area (Å²) in [6.07, 6.45) is 1.38. The van der Waals surface area contributed by atoms with Crippen LogP contribution in [-0.4, -0.2) is 59.3 Å². The number of carbonyl (C=O) groups excluding carboxylic acids is 1. The number of nitrogens with one attached hydrogen (secondary N) is 2. The second-order valence-corrected chi connectivity index (χ2v) is 7.57. The molecule has 1 saturated carbocycles. The number of carboxylic acids is 1. The predicted octanol–water partition coefficient (Wildman–Crippen LogP) is 2.36. The summed E-state index contributed by atoms with van der Waals surface area (Å²) >= 11 is 0. The van der Waals surface area contributed by atoms with Gasteiger partial charge in [-0.1, -0.05) is 6.92 Å². The molecule has 1 aromatic carbocycles. The van der Waals surface area contributed by atoms with Crippen LogP contribution in [0, 0.1) is 11.6 Å². The number of amides is 2. The summed E-state index contributed by atoms with van der Waals surface area (Å²) in [5, 5.41) is 14.4. The van der Waals surface area contributed by atoms with E-state index in [9.17, 15) is 18.4 Å². The van der Waals surface area contributed by atoms with Gasteiger partial charge in [0.05, 0.1) is 13.1 Å².